The maximum Gasteiger partial charge on any atom is 0.261 e. The predicted molar refractivity (Wildman–Crippen MR) is 121 cm³/mol. The zero-order valence-electron chi connectivity index (χ0n) is 16.6. The minimum atomic E-state index is 0. The van der Waals surface area contributed by atoms with Crippen LogP contribution >= 0.6 is 46.4 Å². The van der Waals surface area contributed by atoms with Crippen molar-refractivity contribution in [3.8, 4) is 0 Å². The quantitative estimate of drug-likeness (QED) is 0.306. The van der Waals surface area contributed by atoms with E-state index in [1.807, 2.05) is 18.2 Å². The van der Waals surface area contributed by atoms with Gasteiger partial charge in [0.1, 0.15) is 12.2 Å². The number of nitrogens with one attached hydrogen (secondary N) is 2. The van der Waals surface area contributed by atoms with E-state index in [0.717, 1.165) is 66.5 Å². The molecule has 0 bridgehead atoms. The number of aromatic nitrogens is 2. The van der Waals surface area contributed by atoms with Crippen LogP contribution in [0, 0.1) is 0 Å². The first-order valence-corrected chi connectivity index (χ1v) is 11.0. The van der Waals surface area contributed by atoms with E-state index in [2.05, 4.69) is 17.2 Å². The number of amidine groups is 1. The van der Waals surface area contributed by atoms with E-state index >= 15 is 0 Å². The van der Waals surface area contributed by atoms with Crippen molar-refractivity contribution in [3.63, 3.8) is 0 Å². The van der Waals surface area contributed by atoms with E-state index in [1.165, 1.54) is 4.90 Å². The van der Waals surface area contributed by atoms with E-state index < -0.39 is 0 Å². The largest absolute Gasteiger partial charge is 1.00 e. The van der Waals surface area contributed by atoms with Crippen molar-refractivity contribution in [1.82, 2.24) is 9.97 Å². The lowest BCUT2D eigenvalue weighted by Crippen LogP contribution is -3.14. The molecular weight excluding hydrogens is 523 g/mol. The summed E-state index contributed by atoms with van der Waals surface area (Å²) in [7, 11) is 0. The Labute approximate surface area is 213 Å². The van der Waals surface area contributed by atoms with Gasteiger partial charge in [-0.1, -0.05) is 59.7 Å². The molecule has 3 aromatic rings. The van der Waals surface area contributed by atoms with Gasteiger partial charge in [0.25, 0.3) is 5.84 Å². The molecule has 2 heterocycles. The van der Waals surface area contributed by atoms with Crippen molar-refractivity contribution < 1.29 is 35.0 Å². The number of aliphatic imine (C=N–C) groups is 1. The number of halogens is 6. The number of benzene rings is 2. The monoisotopic (exact) mass is 541 g/mol. The number of hydrogen-bond acceptors (Lipinski definition) is 2. The average Bonchev–Trinajstić information content (AvgIpc) is 3.23. The molecule has 0 fully saturated rings. The van der Waals surface area contributed by atoms with E-state index in [9.17, 15) is 0 Å². The molecule has 1 unspecified atom stereocenters. The zero-order chi connectivity index (χ0) is 20.5. The molecule has 1 aromatic heterocycles. The highest BCUT2D eigenvalue weighted by atomic mass is 35.5. The molecule has 1 aliphatic heterocycles. The third-order valence-electron chi connectivity index (χ3n) is 4.96. The van der Waals surface area contributed by atoms with Gasteiger partial charge in [-0.05, 0) is 24.6 Å². The molecule has 1 atom stereocenters. The van der Waals surface area contributed by atoms with Crippen LogP contribution in [-0.2, 0) is 6.54 Å². The van der Waals surface area contributed by atoms with Gasteiger partial charge in [0.2, 0.25) is 0 Å². The Kier molecular flexibility index (Phi) is 9.74. The highest BCUT2D eigenvalue weighted by Gasteiger charge is 2.26. The number of rotatable bonds is 7. The molecule has 0 aliphatic carbocycles. The molecule has 168 valence electrons. The summed E-state index contributed by atoms with van der Waals surface area (Å²) in [6.07, 6.45) is 2.27. The van der Waals surface area contributed by atoms with E-state index in [1.54, 1.807) is 6.07 Å². The molecule has 0 saturated heterocycles. The summed E-state index contributed by atoms with van der Waals surface area (Å²) in [5.41, 5.74) is 3.60. The number of aromatic amines is 1. The van der Waals surface area contributed by atoms with Gasteiger partial charge in [-0.2, -0.15) is 4.99 Å². The number of hydrogen-bond donors (Lipinski definition) is 3. The summed E-state index contributed by atoms with van der Waals surface area (Å²) in [5, 5.41) is 4.19. The standard InChI is InChI=1S/C20H19Cl4N5.2ClH/c1-2-3-4-29(9-19-25-15-5-11(21)12(22)6-16(15)26-19)10-20-27-17-7-13(23)14(24)8-18(17)28-20;;/h5-8H,2-4,9-10H2,1H3,(H,25,26)(H,27,28);2*1H. The molecule has 0 spiro atoms. The third kappa shape index (κ3) is 6.18. The molecule has 2 aromatic carbocycles. The molecule has 1 aliphatic rings. The number of imidazole rings is 1. The normalized spacial score (nSPS) is 13.4. The first-order chi connectivity index (χ1) is 13.9. The molecule has 11 heteroatoms. The van der Waals surface area contributed by atoms with Gasteiger partial charge < -0.3 is 34.7 Å². The van der Waals surface area contributed by atoms with E-state index in [4.69, 9.17) is 56.4 Å². The Morgan fingerprint density at radius 3 is 2.35 bits per heavy atom. The second kappa shape index (κ2) is 11.4. The number of fused-ring (bicyclic) bond motifs is 2. The van der Waals surface area contributed by atoms with Crippen molar-refractivity contribution in [2.75, 3.05) is 13.1 Å². The number of unbranched alkanes of at least 4 members (excludes halogenated alkanes) is 1. The molecule has 31 heavy (non-hydrogen) atoms. The van der Waals surface area contributed by atoms with Crippen LogP contribution in [0.3, 0.4) is 0 Å². The lowest BCUT2D eigenvalue weighted by Gasteiger charge is -2.16. The highest BCUT2D eigenvalue weighted by Crippen LogP contribution is 2.33. The molecule has 4 N–H and O–H groups in total. The molecule has 0 saturated carbocycles. The van der Waals surface area contributed by atoms with Crippen LogP contribution in [-0.4, -0.2) is 28.9 Å². The fourth-order valence-electron chi connectivity index (χ4n) is 3.52. The molecule has 0 amide bonds. The summed E-state index contributed by atoms with van der Waals surface area (Å²) in [6.45, 7) is 4.78. The Hall–Kier alpha value is -0.760. The van der Waals surface area contributed by atoms with Crippen LogP contribution in [0.4, 0.5) is 11.4 Å². The Morgan fingerprint density at radius 2 is 1.61 bits per heavy atom. The number of quaternary nitrogens is 2. The number of nitrogens with two attached hydrogens (primary N) is 1. The predicted octanol–water partition coefficient (Wildman–Crippen LogP) is -1.69. The average molecular weight is 544 g/mol. The van der Waals surface area contributed by atoms with Crippen LogP contribution in [0.1, 0.15) is 25.6 Å². The van der Waals surface area contributed by atoms with Gasteiger partial charge >= 0.3 is 0 Å². The van der Waals surface area contributed by atoms with Gasteiger partial charge in [-0.25, -0.2) is 4.98 Å². The highest BCUT2D eigenvalue weighted by molar-refractivity contribution is 6.43. The van der Waals surface area contributed by atoms with Gasteiger partial charge in [-0.3, -0.25) is 5.32 Å². The summed E-state index contributed by atoms with van der Waals surface area (Å²) < 4.78 is 0. The van der Waals surface area contributed by atoms with Crippen LogP contribution in [0.25, 0.3) is 11.0 Å². The molecular formula is C20H21Cl6N5. The fourth-order valence-corrected chi connectivity index (χ4v) is 4.17. The first kappa shape index (κ1) is 26.5. The summed E-state index contributed by atoms with van der Waals surface area (Å²) in [6, 6.07) is 7.31. The third-order valence-corrected chi connectivity index (χ3v) is 6.41. The van der Waals surface area contributed by atoms with Crippen molar-refractivity contribution in [1.29, 1.82) is 0 Å². The minimum absolute atomic E-state index is 0. The lowest BCUT2D eigenvalue weighted by atomic mass is 10.3. The Morgan fingerprint density at radius 1 is 0.935 bits per heavy atom. The van der Waals surface area contributed by atoms with Crippen molar-refractivity contribution >= 4 is 74.6 Å². The smallest absolute Gasteiger partial charge is 0.261 e. The van der Waals surface area contributed by atoms with Gasteiger partial charge in [-0.15, -0.1) is 0 Å². The zero-order valence-corrected chi connectivity index (χ0v) is 21.1. The molecule has 4 rings (SSSR count). The van der Waals surface area contributed by atoms with Crippen molar-refractivity contribution in [3.05, 3.63) is 50.2 Å². The van der Waals surface area contributed by atoms with E-state index in [0.29, 0.717) is 20.1 Å². The van der Waals surface area contributed by atoms with Crippen molar-refractivity contribution in [2.45, 2.75) is 26.3 Å². The second-order valence-electron chi connectivity index (χ2n) is 7.25. The fraction of sp³-hybridized carbons (Fsp3) is 0.300. The number of H-pyrrole nitrogens is 1. The maximum absolute atomic E-state index is 6.14. The SMILES string of the molecule is CCCC[NH+](CC1=Nc2cc(Cl)c(Cl)cc2[NH2+]1)Cc1nc2cc(Cl)c(Cl)cc2[nH]1.[Cl-].[Cl-]. The first-order valence-electron chi connectivity index (χ1n) is 9.51. The van der Waals surface area contributed by atoms with Crippen LogP contribution in [0.2, 0.25) is 20.1 Å². The van der Waals surface area contributed by atoms with Crippen molar-refractivity contribution in [2.24, 2.45) is 4.99 Å². The van der Waals surface area contributed by atoms with Crippen LogP contribution < -0.4 is 35.0 Å². The lowest BCUT2D eigenvalue weighted by molar-refractivity contribution is -0.908. The minimum Gasteiger partial charge on any atom is -1.00 e. The summed E-state index contributed by atoms with van der Waals surface area (Å²) in [5.74, 6) is 1.93. The topological polar surface area (TPSA) is 62.1 Å². The Bertz CT molecular complexity index is 1060. The molecule has 0 radical (unpaired) electrons. The Balaban J connectivity index is 0.00000171. The van der Waals surface area contributed by atoms with Crippen LogP contribution in [0.5, 0.6) is 0 Å². The van der Waals surface area contributed by atoms with Gasteiger partial charge in [0.15, 0.2) is 18.1 Å². The number of nitrogens with zero attached hydrogens (tertiary/aromatic N) is 2. The van der Waals surface area contributed by atoms with Crippen LogP contribution in [0.15, 0.2) is 29.3 Å². The summed E-state index contributed by atoms with van der Waals surface area (Å²) in [4.78, 5) is 14.2. The molecule has 5 nitrogen and oxygen atoms in total. The van der Waals surface area contributed by atoms with E-state index in [-0.39, 0.29) is 24.8 Å². The van der Waals surface area contributed by atoms with Gasteiger partial charge in [0.05, 0.1) is 37.7 Å². The van der Waals surface area contributed by atoms with Gasteiger partial charge in [0, 0.05) is 6.07 Å². The maximum atomic E-state index is 6.14. The summed E-state index contributed by atoms with van der Waals surface area (Å²) >= 11 is 24.5. The second-order valence-corrected chi connectivity index (χ2v) is 8.88.